The first kappa shape index (κ1) is 26.4. The smallest absolute Gasteiger partial charge is 0.191 e. The van der Waals surface area contributed by atoms with Crippen LogP contribution in [-0.2, 0) is 18.4 Å². The number of nitrogens with one attached hydrogen (secondary N) is 2. The van der Waals surface area contributed by atoms with Crippen LogP contribution in [0.1, 0.15) is 37.5 Å². The van der Waals surface area contributed by atoms with Gasteiger partial charge in [-0.25, -0.2) is 4.98 Å². The van der Waals surface area contributed by atoms with Crippen LogP contribution in [0.25, 0.3) is 0 Å². The van der Waals surface area contributed by atoms with Gasteiger partial charge in [-0.05, 0) is 36.2 Å². The zero-order chi connectivity index (χ0) is 22.3. The summed E-state index contributed by atoms with van der Waals surface area (Å²) < 4.78 is 0. The number of piperazine rings is 1. The summed E-state index contributed by atoms with van der Waals surface area (Å²) in [4.78, 5) is 13.8. The number of rotatable bonds is 7. The predicted octanol–water partition coefficient (Wildman–Crippen LogP) is 3.66. The van der Waals surface area contributed by atoms with E-state index >= 15 is 0 Å². The summed E-state index contributed by atoms with van der Waals surface area (Å²) >= 11 is 0. The maximum atomic E-state index is 4.68. The lowest BCUT2D eigenvalue weighted by molar-refractivity contribution is 0.312. The second-order valence-electron chi connectivity index (χ2n) is 9.03. The Morgan fingerprint density at radius 2 is 1.66 bits per heavy atom. The Hall–Kier alpha value is -1.87. The van der Waals surface area contributed by atoms with Crippen LogP contribution < -0.4 is 15.5 Å². The summed E-state index contributed by atoms with van der Waals surface area (Å²) in [5.41, 5.74) is 3.86. The van der Waals surface area contributed by atoms with E-state index in [0.717, 1.165) is 56.5 Å². The number of hydrogen-bond donors (Lipinski definition) is 2. The largest absolute Gasteiger partial charge is 0.356 e. The molecular formula is C25H39IN6. The molecule has 176 valence electrons. The molecule has 2 aromatic rings. The number of aliphatic imine (C=N–C) groups is 1. The number of pyridine rings is 1. The van der Waals surface area contributed by atoms with Crippen LogP contribution in [0, 0.1) is 0 Å². The molecule has 1 aliphatic rings. The first-order valence-electron chi connectivity index (χ1n) is 11.3. The SMILES string of the molecule is CCc1ccc(C(C)(C)CNC(=NC)NCc2ccc(N3CCN(C)CC3)nc2)cc1.I. The second kappa shape index (κ2) is 12.4. The average molecular weight is 551 g/mol. The van der Waals surface area contributed by atoms with E-state index in [-0.39, 0.29) is 29.4 Å². The van der Waals surface area contributed by atoms with Crippen LogP contribution in [0.3, 0.4) is 0 Å². The van der Waals surface area contributed by atoms with Crippen molar-refractivity contribution in [3.63, 3.8) is 0 Å². The minimum absolute atomic E-state index is 0. The summed E-state index contributed by atoms with van der Waals surface area (Å²) in [6.45, 7) is 12.5. The molecule has 0 saturated carbocycles. The first-order valence-corrected chi connectivity index (χ1v) is 11.3. The van der Waals surface area contributed by atoms with Crippen molar-refractivity contribution in [1.29, 1.82) is 0 Å². The van der Waals surface area contributed by atoms with Crippen LogP contribution in [0.15, 0.2) is 47.6 Å². The summed E-state index contributed by atoms with van der Waals surface area (Å²) in [5, 5.41) is 6.89. The summed E-state index contributed by atoms with van der Waals surface area (Å²) in [6, 6.07) is 13.2. The lowest BCUT2D eigenvalue weighted by atomic mass is 9.84. The Morgan fingerprint density at radius 3 is 2.22 bits per heavy atom. The Balaban J connectivity index is 0.00000363. The number of benzene rings is 1. The van der Waals surface area contributed by atoms with Gasteiger partial charge in [-0.15, -0.1) is 24.0 Å². The number of halogens is 1. The highest BCUT2D eigenvalue weighted by atomic mass is 127. The third-order valence-electron chi connectivity index (χ3n) is 6.16. The standard InChI is InChI=1S/C25H38N6.HI/c1-6-20-7-10-22(11-8-20)25(2,3)19-29-24(26-4)28-18-21-9-12-23(27-17-21)31-15-13-30(5)14-16-31;/h7-12,17H,6,13-16,18-19H2,1-5H3,(H2,26,28,29);1H. The van der Waals surface area contributed by atoms with Crippen molar-refractivity contribution in [3.8, 4) is 0 Å². The number of guanidine groups is 1. The Bertz CT molecular complexity index is 840. The van der Waals surface area contributed by atoms with E-state index in [1.807, 2.05) is 13.2 Å². The number of hydrogen-bond acceptors (Lipinski definition) is 4. The van der Waals surface area contributed by atoms with Crippen molar-refractivity contribution < 1.29 is 0 Å². The van der Waals surface area contributed by atoms with E-state index in [4.69, 9.17) is 0 Å². The molecule has 2 N–H and O–H groups in total. The van der Waals surface area contributed by atoms with Crippen molar-refractivity contribution in [2.45, 2.75) is 39.2 Å². The van der Waals surface area contributed by atoms with Gasteiger partial charge in [0.25, 0.3) is 0 Å². The number of likely N-dealkylation sites (N-methyl/N-ethyl adjacent to an activating group) is 1. The van der Waals surface area contributed by atoms with E-state index in [9.17, 15) is 0 Å². The van der Waals surface area contributed by atoms with Gasteiger partial charge >= 0.3 is 0 Å². The predicted molar refractivity (Wildman–Crippen MR) is 146 cm³/mol. The van der Waals surface area contributed by atoms with Crippen molar-refractivity contribution in [3.05, 3.63) is 59.3 Å². The van der Waals surface area contributed by atoms with Gasteiger partial charge in [0.15, 0.2) is 5.96 Å². The quantitative estimate of drug-likeness (QED) is 0.313. The van der Waals surface area contributed by atoms with E-state index in [2.05, 4.69) is 94.6 Å². The van der Waals surface area contributed by atoms with E-state index in [1.165, 1.54) is 11.1 Å². The topological polar surface area (TPSA) is 55.8 Å². The minimum Gasteiger partial charge on any atom is -0.356 e. The highest BCUT2D eigenvalue weighted by Crippen LogP contribution is 2.22. The van der Waals surface area contributed by atoms with Crippen LogP contribution in [0.4, 0.5) is 5.82 Å². The molecule has 32 heavy (non-hydrogen) atoms. The molecule has 3 rings (SSSR count). The molecule has 2 heterocycles. The normalized spacial score (nSPS) is 15.3. The van der Waals surface area contributed by atoms with Crippen molar-refractivity contribution in [1.82, 2.24) is 20.5 Å². The van der Waals surface area contributed by atoms with Crippen molar-refractivity contribution in [2.24, 2.45) is 4.99 Å². The molecule has 6 nitrogen and oxygen atoms in total. The molecule has 1 aromatic carbocycles. The molecule has 0 atom stereocenters. The van der Waals surface area contributed by atoms with Gasteiger partial charge in [0.05, 0.1) is 0 Å². The summed E-state index contributed by atoms with van der Waals surface area (Å²) in [7, 11) is 3.98. The zero-order valence-electron chi connectivity index (χ0n) is 20.2. The highest BCUT2D eigenvalue weighted by Gasteiger charge is 2.21. The fraction of sp³-hybridized carbons (Fsp3) is 0.520. The van der Waals surface area contributed by atoms with Crippen molar-refractivity contribution >= 4 is 35.8 Å². The van der Waals surface area contributed by atoms with E-state index < -0.39 is 0 Å². The highest BCUT2D eigenvalue weighted by molar-refractivity contribution is 14.0. The van der Waals surface area contributed by atoms with Crippen LogP contribution in [0.5, 0.6) is 0 Å². The Morgan fingerprint density at radius 1 is 1.00 bits per heavy atom. The fourth-order valence-electron chi connectivity index (χ4n) is 3.75. The first-order chi connectivity index (χ1) is 14.9. The van der Waals surface area contributed by atoms with Crippen LogP contribution >= 0.6 is 24.0 Å². The lowest BCUT2D eigenvalue weighted by Crippen LogP contribution is -2.44. The number of aromatic nitrogens is 1. The molecule has 0 amide bonds. The molecule has 0 radical (unpaired) electrons. The van der Waals surface area contributed by atoms with Gasteiger partial charge in [0, 0.05) is 57.9 Å². The lowest BCUT2D eigenvalue weighted by Gasteiger charge is -2.33. The minimum atomic E-state index is 0. The van der Waals surface area contributed by atoms with Gasteiger partial charge in [-0.1, -0.05) is 51.1 Å². The van der Waals surface area contributed by atoms with Gasteiger partial charge in [0.1, 0.15) is 5.82 Å². The fourth-order valence-corrected chi connectivity index (χ4v) is 3.75. The maximum Gasteiger partial charge on any atom is 0.191 e. The molecule has 0 spiro atoms. The second-order valence-corrected chi connectivity index (χ2v) is 9.03. The van der Waals surface area contributed by atoms with Crippen LogP contribution in [-0.4, -0.2) is 62.7 Å². The third kappa shape index (κ3) is 7.33. The van der Waals surface area contributed by atoms with Gasteiger partial charge in [0.2, 0.25) is 0 Å². The Labute approximate surface area is 210 Å². The number of nitrogens with zero attached hydrogens (tertiary/aromatic N) is 4. The summed E-state index contributed by atoms with van der Waals surface area (Å²) in [5.74, 6) is 1.87. The molecule has 0 aliphatic carbocycles. The maximum absolute atomic E-state index is 4.68. The van der Waals surface area contributed by atoms with Gasteiger partial charge in [-0.2, -0.15) is 0 Å². The number of anilines is 1. The van der Waals surface area contributed by atoms with E-state index in [0.29, 0.717) is 6.54 Å². The molecular weight excluding hydrogens is 511 g/mol. The van der Waals surface area contributed by atoms with Gasteiger partial charge in [-0.3, -0.25) is 4.99 Å². The number of aryl methyl sites for hydroxylation is 1. The molecule has 1 saturated heterocycles. The van der Waals surface area contributed by atoms with Gasteiger partial charge < -0.3 is 20.4 Å². The zero-order valence-corrected chi connectivity index (χ0v) is 22.5. The Kier molecular flexibility index (Phi) is 10.2. The molecule has 1 fully saturated rings. The molecule has 0 bridgehead atoms. The molecule has 1 aromatic heterocycles. The van der Waals surface area contributed by atoms with E-state index in [1.54, 1.807) is 0 Å². The molecule has 0 unspecified atom stereocenters. The van der Waals surface area contributed by atoms with Crippen LogP contribution in [0.2, 0.25) is 0 Å². The summed E-state index contributed by atoms with van der Waals surface area (Å²) in [6.07, 6.45) is 3.04. The molecule has 1 aliphatic heterocycles. The third-order valence-corrected chi connectivity index (χ3v) is 6.16. The van der Waals surface area contributed by atoms with Crippen molar-refractivity contribution in [2.75, 3.05) is 51.7 Å². The monoisotopic (exact) mass is 550 g/mol. The molecule has 7 heteroatoms. The average Bonchev–Trinajstić information content (AvgIpc) is 2.80.